The van der Waals surface area contributed by atoms with Crippen molar-refractivity contribution in [1.29, 1.82) is 0 Å². The first-order valence-electron chi connectivity index (χ1n) is 21.1. The summed E-state index contributed by atoms with van der Waals surface area (Å²) in [5.74, 6) is -0.640. The van der Waals surface area contributed by atoms with Crippen molar-refractivity contribution in [3.8, 4) is 11.5 Å². The van der Waals surface area contributed by atoms with E-state index >= 15 is 0 Å². The zero-order chi connectivity index (χ0) is 45.0. The monoisotopic (exact) mass is 914 g/mol. The van der Waals surface area contributed by atoms with Crippen molar-refractivity contribution < 1.29 is 69.4 Å². The predicted octanol–water partition coefficient (Wildman–Crippen LogP) is 2.34. The normalized spacial score (nSPS) is 31.5. The van der Waals surface area contributed by atoms with Crippen LogP contribution in [0.3, 0.4) is 0 Å². The van der Waals surface area contributed by atoms with Gasteiger partial charge in [0, 0.05) is 71.4 Å². The van der Waals surface area contributed by atoms with Gasteiger partial charge in [0.2, 0.25) is 24.4 Å². The fraction of sp³-hybridized carbons (Fsp3) is 0.511. The number of fused-ring (bicyclic) bond motifs is 6. The summed E-state index contributed by atoms with van der Waals surface area (Å²) in [5, 5.41) is 84.6. The maximum Gasteiger partial charge on any atom is 0.229 e. The molecule has 2 saturated heterocycles. The fourth-order valence-electron chi connectivity index (χ4n) is 9.36. The van der Waals surface area contributed by atoms with E-state index in [4.69, 9.17) is 42.1 Å². The van der Waals surface area contributed by atoms with Gasteiger partial charge in [0.15, 0.2) is 0 Å². The highest BCUT2D eigenvalue weighted by molar-refractivity contribution is 6.22. The van der Waals surface area contributed by atoms with Crippen molar-refractivity contribution in [2.75, 3.05) is 36.1 Å². The Hall–Kier alpha value is -3.88. The third kappa shape index (κ3) is 8.34. The lowest BCUT2D eigenvalue weighted by Gasteiger charge is -2.39. The van der Waals surface area contributed by atoms with E-state index in [2.05, 4.69) is 0 Å². The molecule has 16 nitrogen and oxygen atoms in total. The zero-order valence-corrected chi connectivity index (χ0v) is 36.0. The minimum atomic E-state index is -1.66. The number of carbonyl (C=O) groups is 2. The summed E-state index contributed by atoms with van der Waals surface area (Å²) in [7, 11) is 0. The molecule has 4 aromatic carbocycles. The number of carbonyl (C=O) groups excluding carboxylic acids is 2. The molecule has 4 aliphatic rings. The first-order chi connectivity index (χ1) is 30.1. The third-order valence-electron chi connectivity index (χ3n) is 12.8. The highest BCUT2D eigenvalue weighted by Crippen LogP contribution is 2.50. The Labute approximate surface area is 372 Å². The zero-order valence-electron chi connectivity index (χ0n) is 34.5. The molecule has 0 spiro atoms. The van der Waals surface area contributed by atoms with Crippen LogP contribution in [0.2, 0.25) is 0 Å². The summed E-state index contributed by atoms with van der Waals surface area (Å²) in [6.07, 6.45) is -14.9. The molecule has 63 heavy (non-hydrogen) atoms. The van der Waals surface area contributed by atoms with Crippen LogP contribution in [0.1, 0.15) is 56.1 Å². The van der Waals surface area contributed by atoms with Crippen LogP contribution in [-0.2, 0) is 19.1 Å². The summed E-state index contributed by atoms with van der Waals surface area (Å²) in [6.45, 7) is 2.93. The number of rotatable bonds is 12. The van der Waals surface area contributed by atoms with Crippen LogP contribution in [0, 0.1) is 0 Å². The molecular weight excluding hydrogens is 863 g/mol. The number of halogens is 2. The quantitative estimate of drug-likeness (QED) is 0.0953. The number of aliphatic hydroxyl groups is 8. The SMILES string of the molecule is C[C@@H](Cl)[C@@H]1CN(C(=O)CCCC(=O)N2C[C@@H]([C@@H](C)Cl)c3c2cc(O[C@@H]2O[C@H](CO)[C@H](O)[C@H](O)[C@H]2O)c2ccccc32)c2cc(O[C@@H]3O[C@H](CO)[C@H](O)[C@H](O)[C@H]3O)c3ccccc3c21. The molecule has 0 unspecified atom stereocenters. The van der Waals surface area contributed by atoms with Gasteiger partial charge in [-0.3, -0.25) is 9.59 Å². The number of amides is 2. The molecule has 4 heterocycles. The molecule has 0 saturated carbocycles. The van der Waals surface area contributed by atoms with Crippen molar-refractivity contribution >= 4 is 67.9 Å². The van der Waals surface area contributed by atoms with Crippen molar-refractivity contribution in [2.45, 2.75) is 117 Å². The van der Waals surface area contributed by atoms with Gasteiger partial charge in [-0.1, -0.05) is 48.5 Å². The lowest BCUT2D eigenvalue weighted by Crippen LogP contribution is -2.60. The number of nitrogens with zero attached hydrogens (tertiary/aromatic N) is 2. The summed E-state index contributed by atoms with van der Waals surface area (Å²) in [5.41, 5.74) is 2.69. The van der Waals surface area contributed by atoms with Crippen LogP contribution in [0.25, 0.3) is 21.5 Å². The second kappa shape index (κ2) is 18.5. The number of hydrogen-bond acceptors (Lipinski definition) is 14. The summed E-state index contributed by atoms with van der Waals surface area (Å²) in [6, 6.07) is 18.0. The summed E-state index contributed by atoms with van der Waals surface area (Å²) >= 11 is 13.5. The number of aliphatic hydroxyl groups excluding tert-OH is 8. The molecule has 0 radical (unpaired) electrons. The number of alkyl halides is 2. The lowest BCUT2D eigenvalue weighted by atomic mass is 9.92. The van der Waals surface area contributed by atoms with E-state index in [0.717, 1.165) is 21.9 Å². The minimum Gasteiger partial charge on any atom is -0.461 e. The van der Waals surface area contributed by atoms with Gasteiger partial charge in [-0.2, -0.15) is 0 Å². The first kappa shape index (κ1) is 45.7. The number of ether oxygens (including phenoxy) is 4. The van der Waals surface area contributed by atoms with Crippen molar-refractivity contribution in [2.24, 2.45) is 0 Å². The minimum absolute atomic E-state index is 0.0104. The average molecular weight is 916 g/mol. The van der Waals surface area contributed by atoms with E-state index in [1.165, 1.54) is 0 Å². The molecular formula is C45H52Cl2N2O14. The molecule has 8 N–H and O–H groups in total. The Morgan fingerprint density at radius 3 is 1.33 bits per heavy atom. The largest absolute Gasteiger partial charge is 0.461 e. The molecule has 18 heteroatoms. The van der Waals surface area contributed by atoms with Crippen molar-refractivity contribution in [3.05, 3.63) is 71.8 Å². The molecule has 8 rings (SSSR count). The van der Waals surface area contributed by atoms with E-state index in [0.29, 0.717) is 22.1 Å². The third-order valence-corrected chi connectivity index (χ3v) is 13.4. The van der Waals surface area contributed by atoms with Crippen LogP contribution < -0.4 is 19.3 Å². The van der Waals surface area contributed by atoms with Crippen LogP contribution in [0.15, 0.2) is 60.7 Å². The van der Waals surface area contributed by atoms with E-state index in [1.54, 1.807) is 46.2 Å². The van der Waals surface area contributed by atoms with Gasteiger partial charge < -0.3 is 69.6 Å². The molecule has 0 aliphatic carbocycles. The van der Waals surface area contributed by atoms with Gasteiger partial charge in [-0.05, 0) is 42.2 Å². The van der Waals surface area contributed by atoms with Crippen LogP contribution >= 0.6 is 23.2 Å². The molecule has 2 fully saturated rings. The Morgan fingerprint density at radius 2 is 0.984 bits per heavy atom. The summed E-state index contributed by atoms with van der Waals surface area (Å²) in [4.78, 5) is 31.6. The maximum absolute atomic E-state index is 14.2. The molecule has 0 aromatic heterocycles. The van der Waals surface area contributed by atoms with Crippen molar-refractivity contribution in [3.63, 3.8) is 0 Å². The lowest BCUT2D eigenvalue weighted by molar-refractivity contribution is -0.277. The van der Waals surface area contributed by atoms with Crippen LogP contribution in [0.5, 0.6) is 11.5 Å². The molecule has 4 aliphatic heterocycles. The molecule has 340 valence electrons. The Bertz CT molecular complexity index is 2170. The van der Waals surface area contributed by atoms with Crippen LogP contribution in [0.4, 0.5) is 11.4 Å². The second-order valence-corrected chi connectivity index (χ2v) is 18.1. The van der Waals surface area contributed by atoms with Gasteiger partial charge in [-0.15, -0.1) is 23.2 Å². The first-order valence-corrected chi connectivity index (χ1v) is 22.0. The molecule has 2 amide bonds. The van der Waals surface area contributed by atoms with E-state index in [1.807, 2.05) is 38.1 Å². The fourth-order valence-corrected chi connectivity index (χ4v) is 9.77. The highest BCUT2D eigenvalue weighted by atomic mass is 35.5. The van der Waals surface area contributed by atoms with E-state index < -0.39 is 74.6 Å². The number of hydrogen-bond donors (Lipinski definition) is 8. The topological polar surface area (TPSA) is 239 Å². The Balaban J connectivity index is 1.04. The van der Waals surface area contributed by atoms with Gasteiger partial charge >= 0.3 is 0 Å². The van der Waals surface area contributed by atoms with Crippen LogP contribution in [-0.4, -0.2) is 151 Å². The van der Waals surface area contributed by atoms with Crippen molar-refractivity contribution in [1.82, 2.24) is 0 Å². The highest BCUT2D eigenvalue weighted by Gasteiger charge is 2.47. The van der Waals surface area contributed by atoms with Gasteiger partial charge in [-0.25, -0.2) is 0 Å². The molecule has 14 atom stereocenters. The maximum atomic E-state index is 14.2. The summed E-state index contributed by atoms with van der Waals surface area (Å²) < 4.78 is 23.6. The molecule has 0 bridgehead atoms. The number of anilines is 2. The standard InChI is InChI=1S/C45H52Cl2N2O14/c1-20(46)26-16-48(28-14-30(22-8-3-5-10-24(22)36(26)28)60-44-42(58)40(56)38(54)32(18-50)62-44)34(52)12-7-13-35(53)49-17-27(21(2)47)37-25-11-6-4-9-23(25)31(15-29(37)49)61-45-43(59)41(57)39(55)33(19-51)63-45/h3-6,8-11,14-15,20-21,26-27,32-33,38-45,50-51,54-59H,7,12-13,16-19H2,1-2H3/t20-,21-,26+,27+,32-,33-,38+,39+,40+,41+,42-,43-,44-,45-/m1/s1. The molecule has 4 aromatic rings. The second-order valence-electron chi connectivity index (χ2n) is 16.8. The Kier molecular flexibility index (Phi) is 13.4. The number of benzene rings is 4. The smallest absolute Gasteiger partial charge is 0.229 e. The Morgan fingerprint density at radius 1 is 0.619 bits per heavy atom. The van der Waals surface area contributed by atoms with Gasteiger partial charge in [0.05, 0.1) is 24.6 Å². The van der Waals surface area contributed by atoms with E-state index in [-0.39, 0.29) is 78.3 Å². The van der Waals surface area contributed by atoms with Gasteiger partial charge in [0.25, 0.3) is 0 Å². The van der Waals surface area contributed by atoms with E-state index in [9.17, 15) is 50.4 Å². The predicted molar refractivity (Wildman–Crippen MR) is 231 cm³/mol. The average Bonchev–Trinajstić information content (AvgIpc) is 3.87. The van der Waals surface area contributed by atoms with Gasteiger partial charge in [0.1, 0.15) is 60.3 Å².